The summed E-state index contributed by atoms with van der Waals surface area (Å²) < 4.78 is 13.0. The molecule has 0 radical (unpaired) electrons. The van der Waals surface area contributed by atoms with Crippen LogP contribution in [0.4, 0.5) is 10.1 Å². The molecule has 5 nitrogen and oxygen atoms in total. The molecule has 3 N–H and O–H groups in total. The highest BCUT2D eigenvalue weighted by atomic mass is 19.1. The Morgan fingerprint density at radius 2 is 1.71 bits per heavy atom. The summed E-state index contributed by atoms with van der Waals surface area (Å²) in [6.07, 6.45) is 4.09. The number of hydrogen-bond acceptors (Lipinski definition) is 3. The molecule has 28 heavy (non-hydrogen) atoms. The van der Waals surface area contributed by atoms with E-state index < -0.39 is 0 Å². The smallest absolute Gasteiger partial charge is 0.255 e. The zero-order valence-electron chi connectivity index (χ0n) is 16.0. The Balaban J connectivity index is 1.65. The van der Waals surface area contributed by atoms with Gasteiger partial charge in [-0.15, -0.1) is 0 Å². The highest BCUT2D eigenvalue weighted by molar-refractivity contribution is 6.04. The molecule has 2 atom stereocenters. The van der Waals surface area contributed by atoms with E-state index in [9.17, 15) is 14.0 Å². The van der Waals surface area contributed by atoms with E-state index in [0.29, 0.717) is 17.8 Å². The van der Waals surface area contributed by atoms with Crippen molar-refractivity contribution < 1.29 is 14.0 Å². The zero-order chi connectivity index (χ0) is 20.1. The molecule has 2 unspecified atom stereocenters. The SMILES string of the molecule is CC(=O)N(Cc1ccc(NC(=O)c2ccc(F)cc2)cc1)C1CCCCC1N. The van der Waals surface area contributed by atoms with Crippen LogP contribution in [0.1, 0.15) is 48.5 Å². The monoisotopic (exact) mass is 383 g/mol. The molecule has 6 heteroatoms. The molecule has 2 aromatic carbocycles. The lowest BCUT2D eigenvalue weighted by atomic mass is 9.89. The van der Waals surface area contributed by atoms with Crippen LogP contribution in [0, 0.1) is 5.82 Å². The van der Waals surface area contributed by atoms with Crippen molar-refractivity contribution in [1.82, 2.24) is 4.90 Å². The second kappa shape index (κ2) is 8.97. The zero-order valence-corrected chi connectivity index (χ0v) is 16.0. The van der Waals surface area contributed by atoms with Crippen LogP contribution in [0.15, 0.2) is 48.5 Å². The lowest BCUT2D eigenvalue weighted by molar-refractivity contribution is -0.133. The minimum absolute atomic E-state index is 0.0203. The quantitative estimate of drug-likeness (QED) is 0.827. The number of halogens is 1. The standard InChI is InChI=1S/C22H26FN3O2/c1-15(27)26(21-5-3-2-4-20(21)24)14-16-6-12-19(13-7-16)25-22(28)17-8-10-18(23)11-9-17/h6-13,20-21H,2-5,14,24H2,1H3,(H,25,28). The van der Waals surface area contributed by atoms with Gasteiger partial charge < -0.3 is 16.0 Å². The Morgan fingerprint density at radius 3 is 2.32 bits per heavy atom. The lowest BCUT2D eigenvalue weighted by Gasteiger charge is -2.38. The van der Waals surface area contributed by atoms with Gasteiger partial charge in [-0.25, -0.2) is 4.39 Å². The van der Waals surface area contributed by atoms with E-state index in [2.05, 4.69) is 5.32 Å². The third kappa shape index (κ3) is 4.95. The van der Waals surface area contributed by atoms with Gasteiger partial charge in [0.25, 0.3) is 5.91 Å². The van der Waals surface area contributed by atoms with Crippen molar-refractivity contribution >= 4 is 17.5 Å². The number of rotatable bonds is 5. The summed E-state index contributed by atoms with van der Waals surface area (Å²) in [7, 11) is 0. The van der Waals surface area contributed by atoms with Crippen LogP contribution < -0.4 is 11.1 Å². The number of nitrogens with one attached hydrogen (secondary N) is 1. The normalized spacial score (nSPS) is 19.1. The summed E-state index contributed by atoms with van der Waals surface area (Å²) in [5.41, 5.74) is 8.26. The van der Waals surface area contributed by atoms with Crippen LogP contribution in [0.2, 0.25) is 0 Å². The van der Waals surface area contributed by atoms with Gasteiger partial charge in [-0.05, 0) is 54.8 Å². The van der Waals surface area contributed by atoms with Crippen LogP contribution in [0.3, 0.4) is 0 Å². The maximum Gasteiger partial charge on any atom is 0.255 e. The number of carbonyl (C=O) groups is 2. The number of amides is 2. The van der Waals surface area contributed by atoms with Gasteiger partial charge in [0.15, 0.2) is 0 Å². The molecule has 0 spiro atoms. The molecular weight excluding hydrogens is 357 g/mol. The number of nitrogens with zero attached hydrogens (tertiary/aromatic N) is 1. The second-order valence-electron chi connectivity index (χ2n) is 7.32. The van der Waals surface area contributed by atoms with Gasteiger partial charge in [0.05, 0.1) is 0 Å². The summed E-state index contributed by atoms with van der Waals surface area (Å²) in [6, 6.07) is 12.9. The number of anilines is 1. The first-order chi connectivity index (χ1) is 13.4. The van der Waals surface area contributed by atoms with E-state index in [-0.39, 0.29) is 29.7 Å². The average molecular weight is 383 g/mol. The molecule has 0 aliphatic heterocycles. The average Bonchev–Trinajstić information content (AvgIpc) is 2.68. The van der Waals surface area contributed by atoms with E-state index >= 15 is 0 Å². The van der Waals surface area contributed by atoms with Gasteiger partial charge in [-0.2, -0.15) is 0 Å². The third-order valence-corrected chi connectivity index (χ3v) is 5.26. The molecule has 2 amide bonds. The fourth-order valence-electron chi connectivity index (χ4n) is 3.68. The van der Waals surface area contributed by atoms with E-state index in [0.717, 1.165) is 31.2 Å². The van der Waals surface area contributed by atoms with Crippen molar-refractivity contribution in [2.45, 2.75) is 51.2 Å². The van der Waals surface area contributed by atoms with E-state index in [1.807, 2.05) is 17.0 Å². The topological polar surface area (TPSA) is 75.4 Å². The third-order valence-electron chi connectivity index (χ3n) is 5.26. The van der Waals surface area contributed by atoms with Crippen molar-refractivity contribution in [3.05, 3.63) is 65.5 Å². The van der Waals surface area contributed by atoms with E-state index in [1.54, 1.807) is 19.1 Å². The Hall–Kier alpha value is -2.73. The summed E-state index contributed by atoms with van der Waals surface area (Å²) in [4.78, 5) is 26.2. The van der Waals surface area contributed by atoms with Crippen LogP contribution in [-0.4, -0.2) is 28.8 Å². The first-order valence-electron chi connectivity index (χ1n) is 9.62. The van der Waals surface area contributed by atoms with Gasteiger partial charge >= 0.3 is 0 Å². The Bertz CT molecular complexity index is 821. The molecular formula is C22H26FN3O2. The highest BCUT2D eigenvalue weighted by Crippen LogP contribution is 2.24. The van der Waals surface area contributed by atoms with Gasteiger partial charge in [0.1, 0.15) is 5.82 Å². The van der Waals surface area contributed by atoms with Gasteiger partial charge in [0.2, 0.25) is 5.91 Å². The maximum absolute atomic E-state index is 13.0. The van der Waals surface area contributed by atoms with E-state index in [1.165, 1.54) is 24.3 Å². The van der Waals surface area contributed by atoms with Crippen molar-refractivity contribution in [2.75, 3.05) is 5.32 Å². The Labute approximate surface area is 164 Å². The molecule has 2 aromatic rings. The summed E-state index contributed by atoms with van der Waals surface area (Å²) >= 11 is 0. The first kappa shape index (κ1) is 20.0. The molecule has 1 aliphatic rings. The van der Waals surface area contributed by atoms with Crippen molar-refractivity contribution in [3.8, 4) is 0 Å². The van der Waals surface area contributed by atoms with E-state index in [4.69, 9.17) is 5.73 Å². The fourth-order valence-corrected chi connectivity index (χ4v) is 3.68. The number of nitrogens with two attached hydrogens (primary N) is 1. The molecule has 0 saturated heterocycles. The minimum Gasteiger partial charge on any atom is -0.334 e. The van der Waals surface area contributed by atoms with Crippen LogP contribution >= 0.6 is 0 Å². The van der Waals surface area contributed by atoms with Crippen LogP contribution in [-0.2, 0) is 11.3 Å². The van der Waals surface area contributed by atoms with Crippen molar-refractivity contribution in [1.29, 1.82) is 0 Å². The lowest BCUT2D eigenvalue weighted by Crippen LogP contribution is -2.50. The maximum atomic E-state index is 13.0. The fraction of sp³-hybridized carbons (Fsp3) is 0.364. The predicted molar refractivity (Wildman–Crippen MR) is 107 cm³/mol. The van der Waals surface area contributed by atoms with Crippen molar-refractivity contribution in [3.63, 3.8) is 0 Å². The van der Waals surface area contributed by atoms with Gasteiger partial charge in [-0.1, -0.05) is 25.0 Å². The molecule has 1 aliphatic carbocycles. The summed E-state index contributed by atoms with van der Waals surface area (Å²) in [6.45, 7) is 2.08. The molecule has 0 aromatic heterocycles. The molecule has 1 fully saturated rings. The summed E-state index contributed by atoms with van der Waals surface area (Å²) in [5.74, 6) is -0.657. The molecule has 3 rings (SSSR count). The number of hydrogen-bond donors (Lipinski definition) is 2. The van der Waals surface area contributed by atoms with Gasteiger partial charge in [0, 0.05) is 36.8 Å². The first-order valence-corrected chi connectivity index (χ1v) is 9.62. The molecule has 0 bridgehead atoms. The van der Waals surface area contributed by atoms with Gasteiger partial charge in [-0.3, -0.25) is 9.59 Å². The minimum atomic E-state index is -0.381. The van der Waals surface area contributed by atoms with Crippen molar-refractivity contribution in [2.24, 2.45) is 5.73 Å². The molecule has 1 saturated carbocycles. The summed E-state index contributed by atoms with van der Waals surface area (Å²) in [5, 5.41) is 2.79. The number of benzene rings is 2. The Morgan fingerprint density at radius 1 is 1.07 bits per heavy atom. The molecule has 148 valence electrons. The largest absolute Gasteiger partial charge is 0.334 e. The number of carbonyl (C=O) groups excluding carboxylic acids is 2. The van der Waals surface area contributed by atoms with Crippen LogP contribution in [0.25, 0.3) is 0 Å². The predicted octanol–water partition coefficient (Wildman–Crippen LogP) is 3.70. The second-order valence-corrected chi connectivity index (χ2v) is 7.32. The molecule has 0 heterocycles. The highest BCUT2D eigenvalue weighted by Gasteiger charge is 2.29. The van der Waals surface area contributed by atoms with Crippen LogP contribution in [0.5, 0.6) is 0 Å². The Kier molecular flexibility index (Phi) is 6.41.